The summed E-state index contributed by atoms with van der Waals surface area (Å²) in [6.45, 7) is 3.34. The zero-order valence-corrected chi connectivity index (χ0v) is 13.5. The first-order valence-corrected chi connectivity index (χ1v) is 7.64. The van der Waals surface area contributed by atoms with Crippen molar-refractivity contribution in [1.82, 2.24) is 19.4 Å². The Labute approximate surface area is 137 Å². The summed E-state index contributed by atoms with van der Waals surface area (Å²) in [7, 11) is 0. The first-order chi connectivity index (χ1) is 11.5. The van der Waals surface area contributed by atoms with E-state index in [0.29, 0.717) is 12.1 Å². The van der Waals surface area contributed by atoms with Crippen molar-refractivity contribution in [1.29, 1.82) is 0 Å². The number of nitro benzene ring substituents is 1. The first kappa shape index (κ1) is 15.9. The Bertz CT molecular complexity index is 908. The predicted octanol–water partition coefficient (Wildman–Crippen LogP) is 2.58. The maximum Gasteiger partial charge on any atom is 0.269 e. The third-order valence-corrected chi connectivity index (χ3v) is 3.80. The lowest BCUT2D eigenvalue weighted by atomic mass is 10.1. The summed E-state index contributed by atoms with van der Waals surface area (Å²) in [5, 5.41) is 19.4. The van der Waals surface area contributed by atoms with Crippen LogP contribution in [0.1, 0.15) is 35.2 Å². The van der Waals surface area contributed by atoms with Crippen LogP contribution in [0.5, 0.6) is 0 Å². The van der Waals surface area contributed by atoms with Crippen LogP contribution >= 0.6 is 0 Å². The SMILES string of the molecule is CC(=O)n1nc(CCCc2ccc([N+](=O)[O-])cc2)n2nc(C)cc12. The van der Waals surface area contributed by atoms with Crippen LogP contribution in [0.2, 0.25) is 0 Å². The number of aromatic nitrogens is 4. The summed E-state index contributed by atoms with van der Waals surface area (Å²) in [5.41, 5.74) is 2.62. The zero-order chi connectivity index (χ0) is 17.3. The number of hydrogen-bond acceptors (Lipinski definition) is 5. The van der Waals surface area contributed by atoms with Crippen molar-refractivity contribution < 1.29 is 9.72 Å². The molecule has 8 heteroatoms. The largest absolute Gasteiger partial charge is 0.273 e. The number of hydrogen-bond donors (Lipinski definition) is 0. The lowest BCUT2D eigenvalue weighted by Gasteiger charge is -2.00. The van der Waals surface area contributed by atoms with E-state index < -0.39 is 4.92 Å². The summed E-state index contributed by atoms with van der Waals surface area (Å²) in [6.07, 6.45) is 2.24. The topological polar surface area (TPSA) is 95.3 Å². The Kier molecular flexibility index (Phi) is 4.11. The summed E-state index contributed by atoms with van der Waals surface area (Å²) in [6, 6.07) is 8.37. The van der Waals surface area contributed by atoms with Crippen molar-refractivity contribution >= 4 is 17.2 Å². The fraction of sp³-hybridized carbons (Fsp3) is 0.312. The highest BCUT2D eigenvalue weighted by Crippen LogP contribution is 2.15. The predicted molar refractivity (Wildman–Crippen MR) is 87.1 cm³/mol. The summed E-state index contributed by atoms with van der Waals surface area (Å²) in [4.78, 5) is 21.9. The van der Waals surface area contributed by atoms with Gasteiger partial charge in [0.2, 0.25) is 5.91 Å². The van der Waals surface area contributed by atoms with Crippen molar-refractivity contribution in [3.63, 3.8) is 0 Å². The number of carbonyl (C=O) groups is 1. The van der Waals surface area contributed by atoms with Gasteiger partial charge in [-0.3, -0.25) is 14.9 Å². The van der Waals surface area contributed by atoms with Crippen LogP contribution in [-0.2, 0) is 12.8 Å². The highest BCUT2D eigenvalue weighted by molar-refractivity contribution is 5.79. The molecule has 2 aromatic heterocycles. The lowest BCUT2D eigenvalue weighted by molar-refractivity contribution is -0.384. The van der Waals surface area contributed by atoms with Crippen LogP contribution in [0, 0.1) is 17.0 Å². The molecule has 124 valence electrons. The van der Waals surface area contributed by atoms with Gasteiger partial charge in [0.25, 0.3) is 5.69 Å². The number of benzene rings is 1. The minimum absolute atomic E-state index is 0.0904. The molecular formula is C16H17N5O3. The molecular weight excluding hydrogens is 310 g/mol. The molecule has 24 heavy (non-hydrogen) atoms. The van der Waals surface area contributed by atoms with Crippen molar-refractivity contribution in [2.45, 2.75) is 33.1 Å². The van der Waals surface area contributed by atoms with Crippen LogP contribution in [0.3, 0.4) is 0 Å². The quantitative estimate of drug-likeness (QED) is 0.530. The Morgan fingerprint density at radius 3 is 2.54 bits per heavy atom. The van der Waals surface area contributed by atoms with E-state index in [4.69, 9.17) is 0 Å². The molecule has 0 aliphatic carbocycles. The van der Waals surface area contributed by atoms with Crippen LogP contribution < -0.4 is 0 Å². The molecule has 0 fully saturated rings. The van der Waals surface area contributed by atoms with Gasteiger partial charge in [0.1, 0.15) is 0 Å². The lowest BCUT2D eigenvalue weighted by Crippen LogP contribution is -2.07. The van der Waals surface area contributed by atoms with E-state index in [2.05, 4.69) is 10.2 Å². The minimum Gasteiger partial charge on any atom is -0.273 e. The van der Waals surface area contributed by atoms with Crippen LogP contribution in [0.4, 0.5) is 5.69 Å². The average Bonchev–Trinajstić information content (AvgIpc) is 3.06. The molecule has 0 radical (unpaired) electrons. The Balaban J connectivity index is 1.71. The van der Waals surface area contributed by atoms with Crippen LogP contribution in [-0.4, -0.2) is 30.2 Å². The number of carbonyl (C=O) groups excluding carboxylic acids is 1. The molecule has 3 aromatic rings. The molecule has 1 aromatic carbocycles. The van der Waals surface area contributed by atoms with Crippen molar-refractivity contribution in [3.05, 3.63) is 57.5 Å². The van der Waals surface area contributed by atoms with E-state index in [1.807, 2.05) is 13.0 Å². The van der Waals surface area contributed by atoms with E-state index in [1.54, 1.807) is 16.6 Å². The third-order valence-electron chi connectivity index (χ3n) is 3.80. The maximum absolute atomic E-state index is 11.7. The molecule has 0 saturated carbocycles. The van der Waals surface area contributed by atoms with Crippen molar-refractivity contribution in [2.75, 3.05) is 0 Å². The second kappa shape index (κ2) is 6.23. The zero-order valence-electron chi connectivity index (χ0n) is 13.5. The molecule has 0 saturated heterocycles. The molecule has 0 unspecified atom stereocenters. The van der Waals surface area contributed by atoms with Gasteiger partial charge in [-0.15, -0.1) is 5.10 Å². The second-order valence-electron chi connectivity index (χ2n) is 5.68. The van der Waals surface area contributed by atoms with E-state index in [1.165, 1.54) is 23.7 Å². The van der Waals surface area contributed by atoms with E-state index >= 15 is 0 Å². The van der Waals surface area contributed by atoms with Gasteiger partial charge >= 0.3 is 0 Å². The smallest absolute Gasteiger partial charge is 0.269 e. The van der Waals surface area contributed by atoms with Gasteiger partial charge < -0.3 is 0 Å². The molecule has 0 aliphatic rings. The Morgan fingerprint density at radius 1 is 1.21 bits per heavy atom. The van der Waals surface area contributed by atoms with Crippen LogP contribution in [0.15, 0.2) is 30.3 Å². The molecule has 0 amide bonds. The average molecular weight is 327 g/mol. The second-order valence-corrected chi connectivity index (χ2v) is 5.68. The van der Waals surface area contributed by atoms with Crippen molar-refractivity contribution in [2.24, 2.45) is 0 Å². The summed E-state index contributed by atoms with van der Waals surface area (Å²) >= 11 is 0. The number of aryl methyl sites for hydroxylation is 3. The molecule has 0 spiro atoms. The highest BCUT2D eigenvalue weighted by atomic mass is 16.6. The monoisotopic (exact) mass is 327 g/mol. The molecule has 2 heterocycles. The summed E-state index contributed by atoms with van der Waals surface area (Å²) in [5.74, 6) is 0.580. The highest BCUT2D eigenvalue weighted by Gasteiger charge is 2.15. The normalized spacial score (nSPS) is 11.1. The number of non-ortho nitro benzene ring substituents is 1. The van der Waals surface area contributed by atoms with Gasteiger partial charge in [-0.2, -0.15) is 14.3 Å². The number of nitrogens with zero attached hydrogens (tertiary/aromatic N) is 5. The molecule has 0 N–H and O–H groups in total. The first-order valence-electron chi connectivity index (χ1n) is 7.64. The molecule has 8 nitrogen and oxygen atoms in total. The van der Waals surface area contributed by atoms with E-state index in [-0.39, 0.29) is 11.6 Å². The third kappa shape index (κ3) is 3.03. The molecule has 0 aliphatic heterocycles. The minimum atomic E-state index is -0.408. The van der Waals surface area contributed by atoms with Gasteiger partial charge in [0.05, 0.1) is 10.6 Å². The Morgan fingerprint density at radius 2 is 1.92 bits per heavy atom. The molecule has 3 rings (SSSR count). The number of nitro groups is 1. The maximum atomic E-state index is 11.7. The van der Waals surface area contributed by atoms with Gasteiger partial charge in [-0.05, 0) is 25.3 Å². The van der Waals surface area contributed by atoms with E-state index in [9.17, 15) is 14.9 Å². The van der Waals surface area contributed by atoms with Gasteiger partial charge in [0, 0.05) is 31.5 Å². The number of rotatable bonds is 5. The molecule has 0 bridgehead atoms. The number of fused-ring (bicyclic) bond motifs is 1. The van der Waals surface area contributed by atoms with Gasteiger partial charge in [-0.25, -0.2) is 0 Å². The van der Waals surface area contributed by atoms with Crippen LogP contribution in [0.25, 0.3) is 5.65 Å². The standard InChI is InChI=1S/C16H17N5O3/c1-11-10-16-19(12(2)22)18-15(20(16)17-11)5-3-4-13-6-8-14(9-7-13)21(23)24/h6-10H,3-5H2,1-2H3. The molecule has 0 atom stereocenters. The van der Waals surface area contributed by atoms with Gasteiger partial charge in [-0.1, -0.05) is 12.1 Å². The van der Waals surface area contributed by atoms with Gasteiger partial charge in [0.15, 0.2) is 11.5 Å². The van der Waals surface area contributed by atoms with E-state index in [0.717, 1.165) is 29.9 Å². The summed E-state index contributed by atoms with van der Waals surface area (Å²) < 4.78 is 3.06. The van der Waals surface area contributed by atoms with Crippen molar-refractivity contribution in [3.8, 4) is 0 Å². The fourth-order valence-corrected chi connectivity index (χ4v) is 2.66. The fourth-order valence-electron chi connectivity index (χ4n) is 2.66. The Hall–Kier alpha value is -3.03.